The van der Waals surface area contributed by atoms with Crippen LogP contribution in [0.1, 0.15) is 56.6 Å². The van der Waals surface area contributed by atoms with E-state index >= 15 is 0 Å². The highest BCUT2D eigenvalue weighted by atomic mass is 19.3. The van der Waals surface area contributed by atoms with Crippen LogP contribution in [-0.2, 0) is 13.0 Å². The summed E-state index contributed by atoms with van der Waals surface area (Å²) in [6, 6.07) is 6.24. The van der Waals surface area contributed by atoms with Crippen molar-refractivity contribution in [2.45, 2.75) is 64.3 Å². The summed E-state index contributed by atoms with van der Waals surface area (Å²) in [5, 5.41) is 7.90. The Morgan fingerprint density at radius 1 is 1.24 bits per heavy atom. The second kappa shape index (κ2) is 8.67. The maximum absolute atomic E-state index is 13.3. The van der Waals surface area contributed by atoms with Crippen LogP contribution in [0, 0.1) is 11.3 Å². The number of alkyl halides is 2. The highest BCUT2D eigenvalue weighted by molar-refractivity contribution is 5.86. The monoisotopic (exact) mass is 470 g/mol. The normalized spacial score (nSPS) is 18.6. The van der Waals surface area contributed by atoms with Gasteiger partial charge in [0.25, 0.3) is 0 Å². The topological polar surface area (TPSA) is 90.9 Å². The summed E-state index contributed by atoms with van der Waals surface area (Å²) in [6.45, 7) is 3.44. The van der Waals surface area contributed by atoms with Crippen molar-refractivity contribution in [1.82, 2.24) is 19.7 Å². The van der Waals surface area contributed by atoms with Crippen molar-refractivity contribution in [2.75, 3.05) is 24.7 Å². The molecule has 5 rings (SSSR count). The molecule has 2 aliphatic rings. The first-order valence-corrected chi connectivity index (χ1v) is 12.1. The molecule has 2 heterocycles. The van der Waals surface area contributed by atoms with Crippen molar-refractivity contribution < 1.29 is 13.5 Å². The van der Waals surface area contributed by atoms with Gasteiger partial charge in [0, 0.05) is 24.9 Å². The second-order valence-electron chi connectivity index (χ2n) is 10.1. The van der Waals surface area contributed by atoms with Gasteiger partial charge >= 0.3 is 0 Å². The average molecular weight is 471 g/mol. The third kappa shape index (κ3) is 4.40. The van der Waals surface area contributed by atoms with Crippen LogP contribution in [0.15, 0.2) is 24.4 Å². The first-order chi connectivity index (χ1) is 16.3. The number of hydrogen-bond donors (Lipinski definition) is 2. The Morgan fingerprint density at radius 2 is 2.03 bits per heavy atom. The predicted octanol–water partition coefficient (Wildman–Crippen LogP) is 5.05. The number of ether oxygens (including phenoxy) is 1. The zero-order valence-corrected chi connectivity index (χ0v) is 19.8. The number of nitrogens with zero attached hydrogens (tertiary/aromatic N) is 4. The van der Waals surface area contributed by atoms with Gasteiger partial charge in [0.05, 0.1) is 19.9 Å². The van der Waals surface area contributed by atoms with Gasteiger partial charge in [0.2, 0.25) is 11.9 Å². The summed E-state index contributed by atoms with van der Waals surface area (Å²) >= 11 is 0. The number of nitrogen functional groups attached to an aromatic ring is 1. The summed E-state index contributed by atoms with van der Waals surface area (Å²) in [4.78, 5) is 8.73. The van der Waals surface area contributed by atoms with Crippen LogP contribution < -0.4 is 15.8 Å². The number of methoxy groups -OCH3 is 1. The number of unbranched alkanes of at least 4 members (excludes halogenated alkanes) is 1. The van der Waals surface area contributed by atoms with E-state index in [4.69, 9.17) is 10.5 Å². The molecule has 2 aliphatic carbocycles. The summed E-state index contributed by atoms with van der Waals surface area (Å²) in [5.41, 5.74) is 9.49. The quantitative estimate of drug-likeness (QED) is 0.426. The Kier molecular flexibility index (Phi) is 5.81. The molecule has 0 atom stereocenters. The van der Waals surface area contributed by atoms with Crippen molar-refractivity contribution in [3.05, 3.63) is 35.5 Å². The van der Waals surface area contributed by atoms with E-state index in [9.17, 15) is 8.78 Å². The number of hydrogen-bond acceptors (Lipinski definition) is 6. The molecule has 2 saturated carbocycles. The Labute approximate surface area is 198 Å². The van der Waals surface area contributed by atoms with Gasteiger partial charge in [-0.1, -0.05) is 25.5 Å². The minimum atomic E-state index is -2.44. The Balaban J connectivity index is 1.31. The minimum Gasteiger partial charge on any atom is -0.496 e. The van der Waals surface area contributed by atoms with E-state index < -0.39 is 5.92 Å². The highest BCUT2D eigenvalue weighted by Crippen LogP contribution is 2.64. The molecule has 1 aromatic carbocycles. The zero-order chi connectivity index (χ0) is 23.9. The van der Waals surface area contributed by atoms with Crippen LogP contribution in [0.3, 0.4) is 0 Å². The molecule has 3 N–H and O–H groups in total. The van der Waals surface area contributed by atoms with Gasteiger partial charge in [-0.05, 0) is 48.6 Å². The van der Waals surface area contributed by atoms with Gasteiger partial charge in [-0.3, -0.25) is 4.68 Å². The molecule has 0 unspecified atom stereocenters. The molecule has 9 heteroatoms. The molecule has 2 aromatic heterocycles. The molecule has 1 spiro atoms. The lowest BCUT2D eigenvalue weighted by Crippen LogP contribution is -2.53. The van der Waals surface area contributed by atoms with E-state index in [1.807, 2.05) is 4.68 Å². The van der Waals surface area contributed by atoms with Gasteiger partial charge in [0.15, 0.2) is 5.82 Å². The third-order valence-electron chi connectivity index (χ3n) is 7.24. The molecule has 7 nitrogen and oxygen atoms in total. The van der Waals surface area contributed by atoms with Crippen LogP contribution in [0.2, 0.25) is 0 Å². The van der Waals surface area contributed by atoms with Crippen molar-refractivity contribution >= 4 is 22.8 Å². The van der Waals surface area contributed by atoms with Gasteiger partial charge < -0.3 is 15.8 Å². The molecular weight excluding hydrogens is 438 g/mol. The molecule has 34 heavy (non-hydrogen) atoms. The predicted molar refractivity (Wildman–Crippen MR) is 128 cm³/mol. The third-order valence-corrected chi connectivity index (χ3v) is 7.24. The van der Waals surface area contributed by atoms with Crippen molar-refractivity contribution in [1.29, 1.82) is 0 Å². The maximum atomic E-state index is 13.3. The summed E-state index contributed by atoms with van der Waals surface area (Å²) in [5.74, 6) is -0.265. The molecule has 0 amide bonds. The van der Waals surface area contributed by atoms with Crippen molar-refractivity contribution in [2.24, 2.45) is 11.3 Å². The lowest BCUT2D eigenvalue weighted by Gasteiger charge is -2.57. The van der Waals surface area contributed by atoms with Gasteiger partial charge in [-0.2, -0.15) is 10.1 Å². The van der Waals surface area contributed by atoms with Gasteiger partial charge in [0.1, 0.15) is 16.8 Å². The number of anilines is 2. The average Bonchev–Trinajstić information content (AvgIpc) is 3.14. The number of nitrogens with one attached hydrogen (secondary N) is 1. The van der Waals surface area contributed by atoms with Gasteiger partial charge in [-0.15, -0.1) is 0 Å². The van der Waals surface area contributed by atoms with E-state index in [1.165, 1.54) is 5.56 Å². The number of fused-ring (bicyclic) bond motifs is 1. The number of aromatic nitrogens is 4. The first-order valence-electron chi connectivity index (χ1n) is 12.1. The molecule has 0 radical (unpaired) electrons. The molecule has 2 fully saturated rings. The molecule has 0 aliphatic heterocycles. The van der Waals surface area contributed by atoms with Crippen LogP contribution in [0.4, 0.5) is 20.5 Å². The molecule has 0 bridgehead atoms. The number of nitrogens with two attached hydrogens (primary N) is 1. The van der Waals surface area contributed by atoms with E-state index in [0.717, 1.165) is 55.5 Å². The van der Waals surface area contributed by atoms with E-state index in [-0.39, 0.29) is 24.2 Å². The standard InChI is InChI=1S/C25H32F2N6O/c1-3-4-7-29-22-21-19(31-23(28)32-22)12-30-33(21)13-18-6-5-16(9-20(18)34-2)8-17-10-24(11-17)14-25(26,27)15-24/h5-6,9,12,17H,3-4,7-8,10-11,13-15H2,1-2H3,(H3,28,29,31,32). The second-order valence-corrected chi connectivity index (χ2v) is 10.1. The van der Waals surface area contributed by atoms with E-state index in [0.29, 0.717) is 23.8 Å². The van der Waals surface area contributed by atoms with Gasteiger partial charge in [-0.25, -0.2) is 13.8 Å². The summed E-state index contributed by atoms with van der Waals surface area (Å²) in [6.07, 6.45) is 6.66. The van der Waals surface area contributed by atoms with E-state index in [2.05, 4.69) is 45.5 Å². The lowest BCUT2D eigenvalue weighted by atomic mass is 9.49. The van der Waals surface area contributed by atoms with Crippen molar-refractivity contribution in [3.63, 3.8) is 0 Å². The van der Waals surface area contributed by atoms with Crippen LogP contribution in [0.25, 0.3) is 11.0 Å². The fraction of sp³-hybridized carbons (Fsp3) is 0.560. The molecular formula is C25H32F2N6O. The Morgan fingerprint density at radius 3 is 2.74 bits per heavy atom. The van der Waals surface area contributed by atoms with E-state index in [1.54, 1.807) is 13.3 Å². The Hall–Kier alpha value is -2.97. The number of benzene rings is 1. The number of rotatable bonds is 9. The van der Waals surface area contributed by atoms with Crippen LogP contribution >= 0.6 is 0 Å². The van der Waals surface area contributed by atoms with Crippen molar-refractivity contribution in [3.8, 4) is 5.75 Å². The largest absolute Gasteiger partial charge is 0.496 e. The molecule has 182 valence electrons. The lowest BCUT2D eigenvalue weighted by molar-refractivity contribution is -0.206. The van der Waals surface area contributed by atoms with Crippen LogP contribution in [0.5, 0.6) is 5.75 Å². The first kappa shape index (κ1) is 22.8. The SMILES string of the molecule is CCCCNc1nc(N)nc2cnn(Cc3ccc(CC4CC5(C4)CC(F)(F)C5)cc3OC)c12. The summed E-state index contributed by atoms with van der Waals surface area (Å²) in [7, 11) is 1.67. The zero-order valence-electron chi connectivity index (χ0n) is 19.8. The Bertz CT molecular complexity index is 1180. The fourth-order valence-corrected chi connectivity index (χ4v) is 5.83. The smallest absolute Gasteiger partial charge is 0.249 e. The van der Waals surface area contributed by atoms with Crippen LogP contribution in [-0.4, -0.2) is 39.3 Å². The maximum Gasteiger partial charge on any atom is 0.249 e. The number of halogens is 2. The molecule has 0 saturated heterocycles. The summed E-state index contributed by atoms with van der Waals surface area (Å²) < 4.78 is 34.1. The molecule has 3 aromatic rings. The highest BCUT2D eigenvalue weighted by Gasteiger charge is 2.61. The minimum absolute atomic E-state index is 0.0707. The fourth-order valence-electron chi connectivity index (χ4n) is 5.83.